The van der Waals surface area contributed by atoms with Crippen molar-refractivity contribution in [3.8, 4) is 5.75 Å². The molecular weight excluding hydrogens is 396 g/mol. The number of amides is 1. The second-order valence-electron chi connectivity index (χ2n) is 7.39. The van der Waals surface area contributed by atoms with Crippen molar-refractivity contribution in [2.45, 2.75) is 47.3 Å². The Bertz CT molecular complexity index is 1060. The number of esters is 1. The molecule has 7 heteroatoms. The maximum Gasteiger partial charge on any atom is 0.342 e. The standard InChI is InChI=1S/C24H26N2O5/c1-14-9-8-10-15(2)22(14)25-23(27)18(5)30-24(28)19-11-6-7-12-21(19)29-13-20-16(3)26-31-17(20)4/h6-12,18H,13H2,1-5H3,(H,25,27)/t18-/m0/s1. The Morgan fingerprint density at radius 1 is 1.03 bits per heavy atom. The lowest BCUT2D eigenvalue weighted by atomic mass is 10.1. The normalized spacial score (nSPS) is 11.6. The fraction of sp³-hybridized carbons (Fsp3) is 0.292. The molecule has 0 aliphatic heterocycles. The summed E-state index contributed by atoms with van der Waals surface area (Å²) in [5.74, 6) is -0.0254. The minimum absolute atomic E-state index is 0.202. The van der Waals surface area contributed by atoms with Gasteiger partial charge in [0.2, 0.25) is 0 Å². The fourth-order valence-electron chi connectivity index (χ4n) is 3.13. The average Bonchev–Trinajstić information content (AvgIpc) is 3.06. The summed E-state index contributed by atoms with van der Waals surface area (Å²) in [6.07, 6.45) is -0.984. The Balaban J connectivity index is 1.68. The van der Waals surface area contributed by atoms with Crippen molar-refractivity contribution in [1.29, 1.82) is 0 Å². The van der Waals surface area contributed by atoms with Crippen LogP contribution in [0.25, 0.3) is 0 Å². The minimum atomic E-state index is -0.984. The summed E-state index contributed by atoms with van der Waals surface area (Å²) in [6, 6.07) is 12.5. The SMILES string of the molecule is Cc1cccc(C)c1NC(=O)[C@H](C)OC(=O)c1ccccc1OCc1c(C)noc1C. The second-order valence-corrected chi connectivity index (χ2v) is 7.39. The van der Waals surface area contributed by atoms with Gasteiger partial charge in [0.25, 0.3) is 5.91 Å². The number of carbonyl (C=O) groups is 2. The van der Waals surface area contributed by atoms with Crippen molar-refractivity contribution in [3.63, 3.8) is 0 Å². The second kappa shape index (κ2) is 9.47. The summed E-state index contributed by atoms with van der Waals surface area (Å²) in [6.45, 7) is 9.18. The molecule has 3 aromatic rings. The van der Waals surface area contributed by atoms with Crippen molar-refractivity contribution in [2.75, 3.05) is 5.32 Å². The molecule has 2 aromatic carbocycles. The van der Waals surface area contributed by atoms with Crippen LogP contribution in [0.2, 0.25) is 0 Å². The summed E-state index contributed by atoms with van der Waals surface area (Å²) >= 11 is 0. The third kappa shape index (κ3) is 5.12. The number of para-hydroxylation sites is 2. The first-order chi connectivity index (χ1) is 14.8. The Morgan fingerprint density at radius 3 is 2.35 bits per heavy atom. The highest BCUT2D eigenvalue weighted by molar-refractivity contribution is 5.99. The predicted octanol–water partition coefficient (Wildman–Crippen LogP) is 4.67. The van der Waals surface area contributed by atoms with E-state index in [4.69, 9.17) is 14.0 Å². The van der Waals surface area contributed by atoms with E-state index in [9.17, 15) is 9.59 Å². The van der Waals surface area contributed by atoms with E-state index in [1.807, 2.05) is 39.0 Å². The number of nitrogens with zero attached hydrogens (tertiary/aromatic N) is 1. The molecule has 3 rings (SSSR count). The van der Waals surface area contributed by atoms with Crippen LogP contribution in [0.1, 0.15) is 45.4 Å². The molecular formula is C24H26N2O5. The van der Waals surface area contributed by atoms with Gasteiger partial charge in [-0.25, -0.2) is 4.79 Å². The first-order valence-electron chi connectivity index (χ1n) is 9.99. The molecule has 0 bridgehead atoms. The first kappa shape index (κ1) is 22.1. The highest BCUT2D eigenvalue weighted by Crippen LogP contribution is 2.23. The number of hydrogen-bond donors (Lipinski definition) is 1. The van der Waals surface area contributed by atoms with Crippen molar-refractivity contribution in [2.24, 2.45) is 0 Å². The lowest BCUT2D eigenvalue weighted by molar-refractivity contribution is -0.123. The van der Waals surface area contributed by atoms with Crippen LogP contribution in [0.3, 0.4) is 0 Å². The highest BCUT2D eigenvalue weighted by atomic mass is 16.5. The molecule has 1 amide bonds. The van der Waals surface area contributed by atoms with E-state index in [-0.39, 0.29) is 12.2 Å². The number of ether oxygens (including phenoxy) is 2. The maximum absolute atomic E-state index is 12.7. The van der Waals surface area contributed by atoms with E-state index < -0.39 is 18.0 Å². The van der Waals surface area contributed by atoms with Crippen LogP contribution in [-0.2, 0) is 16.1 Å². The Morgan fingerprint density at radius 2 is 1.71 bits per heavy atom. The Labute approximate surface area is 181 Å². The molecule has 1 heterocycles. The Kier molecular flexibility index (Phi) is 6.74. The molecule has 0 aliphatic rings. The topological polar surface area (TPSA) is 90.7 Å². The van der Waals surface area contributed by atoms with Gasteiger partial charge in [0, 0.05) is 5.69 Å². The van der Waals surface area contributed by atoms with E-state index in [0.29, 0.717) is 11.5 Å². The van der Waals surface area contributed by atoms with Gasteiger partial charge in [-0.1, -0.05) is 35.5 Å². The first-order valence-corrected chi connectivity index (χ1v) is 9.99. The van der Waals surface area contributed by atoms with Crippen LogP contribution in [-0.4, -0.2) is 23.1 Å². The third-order valence-electron chi connectivity index (χ3n) is 5.04. The summed E-state index contributed by atoms with van der Waals surface area (Å²) in [5.41, 5.74) is 4.38. The monoisotopic (exact) mass is 422 g/mol. The van der Waals surface area contributed by atoms with Crippen molar-refractivity contribution in [1.82, 2.24) is 5.16 Å². The zero-order chi connectivity index (χ0) is 22.5. The maximum atomic E-state index is 12.7. The Hall–Kier alpha value is -3.61. The molecule has 1 N–H and O–H groups in total. The van der Waals surface area contributed by atoms with Crippen LogP contribution < -0.4 is 10.1 Å². The van der Waals surface area contributed by atoms with E-state index in [1.54, 1.807) is 31.2 Å². The van der Waals surface area contributed by atoms with E-state index >= 15 is 0 Å². The number of hydrogen-bond acceptors (Lipinski definition) is 6. The van der Waals surface area contributed by atoms with Gasteiger partial charge in [-0.2, -0.15) is 0 Å². The minimum Gasteiger partial charge on any atom is -0.488 e. The molecule has 0 unspecified atom stereocenters. The lowest BCUT2D eigenvalue weighted by Gasteiger charge is -2.17. The predicted molar refractivity (Wildman–Crippen MR) is 116 cm³/mol. The zero-order valence-corrected chi connectivity index (χ0v) is 18.3. The summed E-state index contributed by atoms with van der Waals surface area (Å²) < 4.78 is 16.4. The van der Waals surface area contributed by atoms with E-state index in [2.05, 4.69) is 10.5 Å². The van der Waals surface area contributed by atoms with Gasteiger partial charge >= 0.3 is 5.97 Å². The van der Waals surface area contributed by atoms with Crippen LogP contribution in [0, 0.1) is 27.7 Å². The quantitative estimate of drug-likeness (QED) is 0.557. The van der Waals surface area contributed by atoms with Gasteiger partial charge in [-0.05, 0) is 57.9 Å². The van der Waals surface area contributed by atoms with Gasteiger partial charge in [0.05, 0.1) is 11.3 Å². The largest absolute Gasteiger partial charge is 0.488 e. The average molecular weight is 422 g/mol. The molecule has 0 aliphatic carbocycles. The zero-order valence-electron chi connectivity index (χ0n) is 18.3. The summed E-state index contributed by atoms with van der Waals surface area (Å²) in [5, 5.41) is 6.74. The van der Waals surface area contributed by atoms with Crippen molar-refractivity contribution >= 4 is 17.6 Å². The number of aromatic nitrogens is 1. The highest BCUT2D eigenvalue weighted by Gasteiger charge is 2.22. The van der Waals surface area contributed by atoms with Crippen LogP contribution >= 0.6 is 0 Å². The molecule has 162 valence electrons. The molecule has 0 spiro atoms. The van der Waals surface area contributed by atoms with Gasteiger partial charge in [-0.3, -0.25) is 4.79 Å². The summed E-state index contributed by atoms with van der Waals surface area (Å²) in [7, 11) is 0. The van der Waals surface area contributed by atoms with Gasteiger partial charge < -0.3 is 19.3 Å². The molecule has 7 nitrogen and oxygen atoms in total. The number of carbonyl (C=O) groups excluding carboxylic acids is 2. The molecule has 0 saturated carbocycles. The molecule has 1 atom stereocenters. The smallest absolute Gasteiger partial charge is 0.342 e. The third-order valence-corrected chi connectivity index (χ3v) is 5.04. The molecule has 0 saturated heterocycles. The molecule has 0 radical (unpaired) electrons. The van der Waals surface area contributed by atoms with Crippen LogP contribution in [0.5, 0.6) is 5.75 Å². The number of anilines is 1. The number of nitrogens with one attached hydrogen (secondary N) is 1. The van der Waals surface area contributed by atoms with Crippen LogP contribution in [0.15, 0.2) is 47.0 Å². The summed E-state index contributed by atoms with van der Waals surface area (Å²) in [4.78, 5) is 25.3. The number of rotatable bonds is 7. The van der Waals surface area contributed by atoms with Crippen LogP contribution in [0.4, 0.5) is 5.69 Å². The van der Waals surface area contributed by atoms with Gasteiger partial charge in [0.1, 0.15) is 23.7 Å². The fourth-order valence-corrected chi connectivity index (χ4v) is 3.13. The van der Waals surface area contributed by atoms with E-state index in [1.165, 1.54) is 6.92 Å². The number of aryl methyl sites for hydroxylation is 4. The van der Waals surface area contributed by atoms with Gasteiger partial charge in [-0.15, -0.1) is 0 Å². The molecule has 31 heavy (non-hydrogen) atoms. The number of benzene rings is 2. The lowest BCUT2D eigenvalue weighted by Crippen LogP contribution is -2.30. The van der Waals surface area contributed by atoms with Gasteiger partial charge in [0.15, 0.2) is 6.10 Å². The molecule has 0 fully saturated rings. The molecule has 1 aromatic heterocycles. The van der Waals surface area contributed by atoms with E-state index in [0.717, 1.165) is 28.1 Å². The van der Waals surface area contributed by atoms with Crippen molar-refractivity contribution in [3.05, 3.63) is 76.2 Å². The van der Waals surface area contributed by atoms with Crippen molar-refractivity contribution < 1.29 is 23.6 Å².